The average Bonchev–Trinajstić information content (AvgIpc) is 2.85. The van der Waals surface area contributed by atoms with E-state index < -0.39 is 0 Å². The molecule has 0 saturated carbocycles. The fourth-order valence-corrected chi connectivity index (χ4v) is 12.2. The minimum atomic E-state index is 0.160. The minimum absolute atomic E-state index is 0.160. The molecule has 0 saturated heterocycles. The predicted molar refractivity (Wildman–Crippen MR) is 166 cm³/mol. The summed E-state index contributed by atoms with van der Waals surface area (Å²) in [6, 6.07) is 9.91. The van der Waals surface area contributed by atoms with E-state index in [1.807, 2.05) is 0 Å². The molecule has 0 N–H and O–H groups in total. The molecule has 38 heavy (non-hydrogen) atoms. The molecule has 2 aromatic carbocycles. The Bertz CT molecular complexity index is 1070. The van der Waals surface area contributed by atoms with Crippen molar-refractivity contribution >= 4 is 35.2 Å². The summed E-state index contributed by atoms with van der Waals surface area (Å²) in [4.78, 5) is 0. The van der Waals surface area contributed by atoms with Crippen LogP contribution in [0.5, 0.6) is 11.5 Å². The van der Waals surface area contributed by atoms with Crippen LogP contribution >= 0.6 is 0 Å². The second-order valence-corrected chi connectivity index (χ2v) is 20.4. The van der Waals surface area contributed by atoms with Gasteiger partial charge in [-0.05, 0) is 0 Å². The summed E-state index contributed by atoms with van der Waals surface area (Å²) in [6.45, 7) is 25.3. The molecule has 0 spiro atoms. The maximum absolute atomic E-state index is 6.46. The van der Waals surface area contributed by atoms with Gasteiger partial charge in [0, 0.05) is 0 Å². The standard InChI is InChI=1S/C34H50O2Se2/c1-11-17-35-27-21-23(19-25-29(27)33(7,8)15-13-31(25,3)4)37-38-24-20-26-30(28(22-24)36-18-12-2)34(9,10)16-14-32(26,5)6/h19-22H,11-18H2,1-10H3. The zero-order valence-electron chi connectivity index (χ0n) is 25.6. The number of hydrogen-bond donors (Lipinski definition) is 0. The van der Waals surface area contributed by atoms with Gasteiger partial charge in [-0.1, -0.05) is 0 Å². The number of benzene rings is 2. The Labute approximate surface area is 244 Å². The van der Waals surface area contributed by atoms with Crippen LogP contribution in [0, 0.1) is 0 Å². The van der Waals surface area contributed by atoms with Crippen LogP contribution in [0.1, 0.15) is 130 Å². The molecule has 2 aromatic rings. The van der Waals surface area contributed by atoms with Crippen molar-refractivity contribution < 1.29 is 9.47 Å². The summed E-state index contributed by atoms with van der Waals surface area (Å²) in [7, 11) is 0. The molecule has 0 aliphatic heterocycles. The van der Waals surface area contributed by atoms with Crippen LogP contribution < -0.4 is 18.4 Å². The molecule has 210 valence electrons. The first kappa shape index (κ1) is 30.0. The van der Waals surface area contributed by atoms with Gasteiger partial charge in [-0.25, -0.2) is 0 Å². The molecule has 0 unspecified atom stereocenters. The van der Waals surface area contributed by atoms with Crippen molar-refractivity contribution in [3.05, 3.63) is 46.5 Å². The van der Waals surface area contributed by atoms with Crippen molar-refractivity contribution in [2.75, 3.05) is 13.2 Å². The quantitative estimate of drug-likeness (QED) is 0.267. The number of ether oxygens (including phenoxy) is 2. The van der Waals surface area contributed by atoms with Gasteiger partial charge in [0.05, 0.1) is 0 Å². The molecule has 0 fully saturated rings. The van der Waals surface area contributed by atoms with E-state index in [9.17, 15) is 0 Å². The van der Waals surface area contributed by atoms with Crippen LogP contribution in [0.4, 0.5) is 0 Å². The normalized spacial score (nSPS) is 20.4. The molecule has 2 aliphatic carbocycles. The Kier molecular flexibility index (Phi) is 8.82. The van der Waals surface area contributed by atoms with E-state index >= 15 is 0 Å². The molecule has 0 heterocycles. The fraction of sp³-hybridized carbons (Fsp3) is 0.647. The summed E-state index contributed by atoms with van der Waals surface area (Å²) < 4.78 is 15.9. The van der Waals surface area contributed by atoms with E-state index in [1.165, 1.54) is 56.9 Å². The molecular formula is C34H50O2Se2. The third-order valence-electron chi connectivity index (χ3n) is 8.87. The third kappa shape index (κ3) is 6.05. The van der Waals surface area contributed by atoms with E-state index in [0.29, 0.717) is 26.3 Å². The average molecular weight is 649 g/mol. The van der Waals surface area contributed by atoms with Crippen LogP contribution in [0.2, 0.25) is 0 Å². The monoisotopic (exact) mass is 650 g/mol. The Hall–Kier alpha value is -0.921. The Balaban J connectivity index is 1.73. The molecule has 0 amide bonds. The third-order valence-corrected chi connectivity index (χ3v) is 15.9. The van der Waals surface area contributed by atoms with Crippen LogP contribution in [0.15, 0.2) is 24.3 Å². The van der Waals surface area contributed by atoms with Crippen molar-refractivity contribution in [1.82, 2.24) is 0 Å². The van der Waals surface area contributed by atoms with Crippen molar-refractivity contribution in [2.45, 2.75) is 129 Å². The Morgan fingerprint density at radius 2 is 0.895 bits per heavy atom. The topological polar surface area (TPSA) is 18.5 Å². The van der Waals surface area contributed by atoms with E-state index in [2.05, 4.69) is 93.5 Å². The van der Waals surface area contributed by atoms with Gasteiger partial charge in [-0.15, -0.1) is 0 Å². The molecule has 0 aromatic heterocycles. The van der Waals surface area contributed by atoms with Gasteiger partial charge >= 0.3 is 245 Å². The van der Waals surface area contributed by atoms with Crippen LogP contribution in [-0.4, -0.2) is 39.5 Å². The summed E-state index contributed by atoms with van der Waals surface area (Å²) in [5.74, 6) is 2.30. The van der Waals surface area contributed by atoms with Gasteiger partial charge in [-0.3, -0.25) is 0 Å². The second-order valence-electron chi connectivity index (χ2n) is 14.1. The first-order valence-corrected chi connectivity index (χ1v) is 20.7. The zero-order chi connectivity index (χ0) is 27.9. The van der Waals surface area contributed by atoms with E-state index in [-0.39, 0.29) is 21.7 Å². The van der Waals surface area contributed by atoms with Gasteiger partial charge in [0.15, 0.2) is 0 Å². The van der Waals surface area contributed by atoms with E-state index in [0.717, 1.165) is 37.6 Å². The molecule has 4 rings (SSSR count). The zero-order valence-corrected chi connectivity index (χ0v) is 29.0. The van der Waals surface area contributed by atoms with Gasteiger partial charge in [0.2, 0.25) is 0 Å². The summed E-state index contributed by atoms with van der Waals surface area (Å²) in [5, 5.41) is 0. The Morgan fingerprint density at radius 1 is 0.553 bits per heavy atom. The molecule has 0 radical (unpaired) electrons. The first-order valence-electron chi connectivity index (χ1n) is 14.7. The maximum atomic E-state index is 6.46. The number of rotatable bonds is 9. The van der Waals surface area contributed by atoms with Gasteiger partial charge in [-0.2, -0.15) is 0 Å². The summed E-state index contributed by atoms with van der Waals surface area (Å²) in [5.41, 5.74) is 6.67. The first-order chi connectivity index (χ1) is 17.7. The van der Waals surface area contributed by atoms with Gasteiger partial charge in [0.1, 0.15) is 0 Å². The van der Waals surface area contributed by atoms with E-state index in [1.54, 1.807) is 0 Å². The molecular weight excluding hydrogens is 598 g/mol. The number of fused-ring (bicyclic) bond motifs is 2. The summed E-state index contributed by atoms with van der Waals surface area (Å²) in [6.07, 6.45) is 6.97. The molecule has 2 nitrogen and oxygen atoms in total. The molecule has 2 aliphatic rings. The van der Waals surface area contributed by atoms with Crippen molar-refractivity contribution in [2.24, 2.45) is 0 Å². The van der Waals surface area contributed by atoms with Crippen molar-refractivity contribution in [1.29, 1.82) is 0 Å². The van der Waals surface area contributed by atoms with E-state index in [4.69, 9.17) is 9.47 Å². The second kappa shape index (κ2) is 11.2. The molecule has 4 heteroatoms. The van der Waals surface area contributed by atoms with Crippen LogP contribution in [0.3, 0.4) is 0 Å². The van der Waals surface area contributed by atoms with Crippen molar-refractivity contribution in [3.8, 4) is 11.5 Å². The van der Waals surface area contributed by atoms with Crippen LogP contribution in [-0.2, 0) is 21.7 Å². The predicted octanol–water partition coefficient (Wildman–Crippen LogP) is 7.24. The molecule has 0 bridgehead atoms. The van der Waals surface area contributed by atoms with Gasteiger partial charge < -0.3 is 0 Å². The number of hydrogen-bond acceptors (Lipinski definition) is 2. The van der Waals surface area contributed by atoms with Gasteiger partial charge in [0.25, 0.3) is 0 Å². The summed E-state index contributed by atoms with van der Waals surface area (Å²) >= 11 is 0.767. The Morgan fingerprint density at radius 3 is 1.24 bits per heavy atom. The fourth-order valence-electron chi connectivity index (χ4n) is 6.26. The van der Waals surface area contributed by atoms with Crippen LogP contribution in [0.25, 0.3) is 0 Å². The SMILES string of the molecule is CCCOc1cc([Se][Se]c2cc(OCCC)c3c(c2)C(C)(C)CCC3(C)C)cc2c1C(C)(C)CCC2(C)C. The molecule has 0 atom stereocenters. The van der Waals surface area contributed by atoms with Crippen molar-refractivity contribution in [3.63, 3.8) is 0 Å².